The molecule has 0 bridgehead atoms. The van der Waals surface area contributed by atoms with Gasteiger partial charge in [-0.2, -0.15) is 15.1 Å². The van der Waals surface area contributed by atoms with Gasteiger partial charge < -0.3 is 14.7 Å². The summed E-state index contributed by atoms with van der Waals surface area (Å²) in [6.45, 7) is 18.7. The standard InChI is InChI=1S/C35H33N5O4/c1-23(7-12-31-34(2,3)27-18-24(20-36)8-10-29(27)39(31)15-16-44-22-41)17-25(21-37)33-35(4,5)28-19-26(38-6)9-11-30(28)40(33)14-13-32(42)43/h7-12,17-19,22H,13-16H2,1-5H3/p+1. The average Bonchev–Trinajstić information content (AvgIpc) is 3.35. The second-order valence-corrected chi connectivity index (χ2v) is 11.8. The molecule has 0 fully saturated rings. The molecule has 0 unspecified atom stereocenters. The van der Waals surface area contributed by atoms with E-state index in [0.29, 0.717) is 35.6 Å². The molecule has 222 valence electrons. The summed E-state index contributed by atoms with van der Waals surface area (Å²) in [5.74, 6) is -0.941. The largest absolute Gasteiger partial charge is 0.481 e. The number of rotatable bonds is 10. The van der Waals surface area contributed by atoms with Gasteiger partial charge in [0, 0.05) is 22.4 Å². The summed E-state index contributed by atoms with van der Waals surface area (Å²) < 4.78 is 6.89. The van der Waals surface area contributed by atoms with Gasteiger partial charge in [-0.25, -0.2) is 4.85 Å². The zero-order chi connectivity index (χ0) is 32.2. The summed E-state index contributed by atoms with van der Waals surface area (Å²) in [4.78, 5) is 28.0. The smallest absolute Gasteiger partial charge is 0.309 e. The van der Waals surface area contributed by atoms with E-state index in [-0.39, 0.29) is 19.6 Å². The van der Waals surface area contributed by atoms with Gasteiger partial charge in [0.1, 0.15) is 24.7 Å². The Kier molecular flexibility index (Phi) is 8.88. The van der Waals surface area contributed by atoms with Gasteiger partial charge in [0.15, 0.2) is 12.2 Å². The van der Waals surface area contributed by atoms with Crippen molar-refractivity contribution in [3.05, 3.63) is 99.6 Å². The molecule has 9 heteroatoms. The second kappa shape index (κ2) is 12.4. The van der Waals surface area contributed by atoms with Crippen molar-refractivity contribution >= 4 is 35.2 Å². The van der Waals surface area contributed by atoms with Crippen LogP contribution < -0.4 is 4.90 Å². The summed E-state index contributed by atoms with van der Waals surface area (Å²) in [5, 5.41) is 29.3. The van der Waals surface area contributed by atoms with E-state index in [2.05, 4.69) is 35.7 Å². The molecule has 0 amide bonds. The molecular formula is C35H34N5O4+. The van der Waals surface area contributed by atoms with Crippen LogP contribution in [-0.2, 0) is 25.2 Å². The van der Waals surface area contributed by atoms with E-state index in [1.165, 1.54) is 0 Å². The van der Waals surface area contributed by atoms with Crippen LogP contribution in [0.3, 0.4) is 0 Å². The van der Waals surface area contributed by atoms with Gasteiger partial charge in [-0.15, -0.1) is 0 Å². The van der Waals surface area contributed by atoms with Crippen LogP contribution in [0.5, 0.6) is 0 Å². The Bertz CT molecular complexity index is 1790. The summed E-state index contributed by atoms with van der Waals surface area (Å²) in [6.07, 6.45) is 5.59. The Morgan fingerprint density at radius 2 is 1.89 bits per heavy atom. The third-order valence-corrected chi connectivity index (χ3v) is 8.26. The third kappa shape index (κ3) is 5.76. The predicted octanol–water partition coefficient (Wildman–Crippen LogP) is 6.21. The maximum Gasteiger partial charge on any atom is 0.309 e. The lowest BCUT2D eigenvalue weighted by Gasteiger charge is -2.26. The fraction of sp³-hybridized carbons (Fsp3) is 0.314. The van der Waals surface area contributed by atoms with Gasteiger partial charge in [0.05, 0.1) is 30.2 Å². The zero-order valence-electron chi connectivity index (χ0n) is 25.5. The fourth-order valence-electron chi connectivity index (χ4n) is 6.15. The molecular weight excluding hydrogens is 554 g/mol. The number of aliphatic carboxylic acids is 1. The maximum atomic E-state index is 11.5. The Hall–Kier alpha value is -5.46. The minimum absolute atomic E-state index is 0.115. The lowest BCUT2D eigenvalue weighted by molar-refractivity contribution is -0.437. The molecule has 44 heavy (non-hydrogen) atoms. The zero-order valence-corrected chi connectivity index (χ0v) is 25.5. The van der Waals surface area contributed by atoms with Gasteiger partial charge >= 0.3 is 5.97 Å². The Morgan fingerprint density at radius 1 is 1.14 bits per heavy atom. The van der Waals surface area contributed by atoms with E-state index >= 15 is 0 Å². The highest BCUT2D eigenvalue weighted by Gasteiger charge is 2.47. The van der Waals surface area contributed by atoms with Crippen molar-refractivity contribution in [3.8, 4) is 12.1 Å². The molecule has 2 heterocycles. The number of nitriles is 2. The highest BCUT2D eigenvalue weighted by Crippen LogP contribution is 2.48. The highest BCUT2D eigenvalue weighted by atomic mass is 16.5. The number of allylic oxidation sites excluding steroid dienone is 6. The van der Waals surface area contributed by atoms with Crippen LogP contribution in [0.1, 0.15) is 57.7 Å². The van der Waals surface area contributed by atoms with Crippen LogP contribution in [0, 0.1) is 29.2 Å². The summed E-state index contributed by atoms with van der Waals surface area (Å²) in [7, 11) is 0. The van der Waals surface area contributed by atoms with Crippen molar-refractivity contribution in [3.63, 3.8) is 0 Å². The van der Waals surface area contributed by atoms with E-state index < -0.39 is 16.8 Å². The van der Waals surface area contributed by atoms with Crippen molar-refractivity contribution < 1.29 is 24.0 Å². The minimum atomic E-state index is -0.941. The van der Waals surface area contributed by atoms with Crippen molar-refractivity contribution in [2.45, 2.75) is 51.9 Å². The normalized spacial score (nSPS) is 17.4. The second-order valence-electron chi connectivity index (χ2n) is 11.8. The van der Waals surface area contributed by atoms with Gasteiger partial charge in [0.25, 0.3) is 6.47 Å². The highest BCUT2D eigenvalue weighted by molar-refractivity contribution is 6.10. The van der Waals surface area contributed by atoms with Crippen LogP contribution >= 0.6 is 0 Å². The molecule has 0 spiro atoms. The predicted molar refractivity (Wildman–Crippen MR) is 167 cm³/mol. The first-order chi connectivity index (χ1) is 20.9. The molecule has 0 aliphatic carbocycles. The van der Waals surface area contributed by atoms with Crippen LogP contribution in [0.25, 0.3) is 4.85 Å². The van der Waals surface area contributed by atoms with E-state index in [1.807, 2.05) is 61.8 Å². The van der Waals surface area contributed by atoms with Crippen molar-refractivity contribution in [2.75, 3.05) is 24.6 Å². The van der Waals surface area contributed by atoms with Crippen LogP contribution in [0.4, 0.5) is 17.1 Å². The van der Waals surface area contributed by atoms with Crippen LogP contribution in [0.15, 0.2) is 71.5 Å². The molecule has 0 saturated carbocycles. The summed E-state index contributed by atoms with van der Waals surface area (Å²) in [5.41, 5.74) is 6.32. The van der Waals surface area contributed by atoms with E-state index in [1.54, 1.807) is 18.2 Å². The number of fused-ring (bicyclic) bond motifs is 2. The van der Waals surface area contributed by atoms with E-state index in [4.69, 9.17) is 11.3 Å². The quantitative estimate of drug-likeness (QED) is 0.0874. The first kappa shape index (κ1) is 31.5. The molecule has 0 saturated heterocycles. The molecule has 0 radical (unpaired) electrons. The number of benzene rings is 2. The Labute approximate surface area is 257 Å². The van der Waals surface area contributed by atoms with Gasteiger partial charge in [0.2, 0.25) is 11.4 Å². The number of carboxylic acid groups (broad SMARTS) is 1. The molecule has 0 atom stereocenters. The number of anilines is 1. The lowest BCUT2D eigenvalue weighted by atomic mass is 9.78. The first-order valence-electron chi connectivity index (χ1n) is 14.2. The first-order valence-corrected chi connectivity index (χ1v) is 14.2. The average molecular weight is 589 g/mol. The molecule has 9 nitrogen and oxygen atoms in total. The van der Waals surface area contributed by atoms with E-state index in [0.717, 1.165) is 33.8 Å². The fourth-order valence-corrected chi connectivity index (χ4v) is 6.15. The Morgan fingerprint density at radius 3 is 2.52 bits per heavy atom. The monoisotopic (exact) mass is 588 g/mol. The maximum absolute atomic E-state index is 11.5. The van der Waals surface area contributed by atoms with Crippen molar-refractivity contribution in [1.82, 2.24) is 0 Å². The summed E-state index contributed by atoms with van der Waals surface area (Å²) >= 11 is 0. The van der Waals surface area contributed by atoms with Crippen LogP contribution in [0.2, 0.25) is 0 Å². The summed E-state index contributed by atoms with van der Waals surface area (Å²) in [6, 6.07) is 15.5. The van der Waals surface area contributed by atoms with Gasteiger partial charge in [-0.1, -0.05) is 19.9 Å². The number of carbonyl (C=O) groups excluding carboxylic acids is 1. The number of ether oxygens (including phenoxy) is 1. The molecule has 2 aliphatic heterocycles. The number of hydrogen-bond acceptors (Lipinski definition) is 6. The van der Waals surface area contributed by atoms with Gasteiger partial charge in [-0.3, -0.25) is 9.59 Å². The van der Waals surface area contributed by atoms with Gasteiger partial charge in [-0.05, 0) is 80.5 Å². The molecule has 2 aromatic rings. The SMILES string of the molecule is [C-]#[N+]c1ccc2c(c1)C(C)(C)C(/C(C#N)=C/C(C)=C/C=C1/N(CCOC=O)c3ccc(C#N)cc3C1(C)C)=[N+]2CCC(=O)O. The Balaban J connectivity index is 1.80. The number of carbonyl (C=O) groups is 2. The number of hydrogen-bond donors (Lipinski definition) is 1. The molecule has 0 aromatic heterocycles. The van der Waals surface area contributed by atoms with Crippen LogP contribution in [-0.4, -0.2) is 47.5 Å². The molecule has 2 aromatic carbocycles. The van der Waals surface area contributed by atoms with Crippen molar-refractivity contribution in [1.29, 1.82) is 10.5 Å². The number of carboxylic acids is 1. The molecule has 2 aliphatic rings. The lowest BCUT2D eigenvalue weighted by Crippen LogP contribution is -2.31. The third-order valence-electron chi connectivity index (χ3n) is 8.26. The molecule has 1 N–H and O–H groups in total. The van der Waals surface area contributed by atoms with E-state index in [9.17, 15) is 25.2 Å². The van der Waals surface area contributed by atoms with Crippen molar-refractivity contribution in [2.24, 2.45) is 0 Å². The topological polar surface area (TPSA) is 122 Å². The number of nitrogens with zero attached hydrogens (tertiary/aromatic N) is 5. The molecule has 4 rings (SSSR count). The minimum Gasteiger partial charge on any atom is -0.481 e.